The van der Waals surface area contributed by atoms with Gasteiger partial charge in [0.1, 0.15) is 0 Å². The van der Waals surface area contributed by atoms with Crippen LogP contribution in [0.5, 0.6) is 0 Å². The van der Waals surface area contributed by atoms with Crippen LogP contribution in [0.1, 0.15) is 73.1 Å². The molecule has 0 N–H and O–H groups in total. The normalized spacial score (nSPS) is 38.1. The molecule has 0 bridgehead atoms. The van der Waals surface area contributed by atoms with Gasteiger partial charge in [-0.1, -0.05) is 51.0 Å². The first-order valence-electron chi connectivity index (χ1n) is 12.6. The van der Waals surface area contributed by atoms with E-state index in [1.807, 2.05) is 13.0 Å². The van der Waals surface area contributed by atoms with Crippen molar-refractivity contribution < 1.29 is 28.7 Å². The molecule has 6 atom stereocenters. The fourth-order valence-corrected chi connectivity index (χ4v) is 7.33. The molecule has 2 unspecified atom stereocenters. The largest absolute Gasteiger partial charge is 0.457 e. The molecular weight excluding hydrogens is 432 g/mol. The van der Waals surface area contributed by atoms with E-state index in [9.17, 15) is 19.2 Å². The monoisotopic (exact) mass is 468 g/mol. The third-order valence-electron chi connectivity index (χ3n) is 9.12. The van der Waals surface area contributed by atoms with Gasteiger partial charge < -0.3 is 9.47 Å². The summed E-state index contributed by atoms with van der Waals surface area (Å²) in [5.74, 6) is -0.964. The molecule has 0 spiro atoms. The smallest absolute Gasteiger partial charge is 0.306 e. The van der Waals surface area contributed by atoms with Crippen LogP contribution in [0, 0.1) is 28.6 Å². The Bertz CT molecular complexity index is 1020. The summed E-state index contributed by atoms with van der Waals surface area (Å²) in [6, 6.07) is 0. The summed E-state index contributed by atoms with van der Waals surface area (Å²) in [7, 11) is 0. The maximum atomic E-state index is 13.8. The van der Waals surface area contributed by atoms with E-state index >= 15 is 0 Å². The highest BCUT2D eigenvalue weighted by Gasteiger charge is 2.70. The zero-order valence-corrected chi connectivity index (χ0v) is 20.9. The third-order valence-corrected chi connectivity index (χ3v) is 9.12. The van der Waals surface area contributed by atoms with Crippen molar-refractivity contribution in [1.29, 1.82) is 0 Å². The molecule has 184 valence electrons. The number of Topliss-reactive ketones (excluding diaryl/α,β-unsaturated/α-hetero) is 1. The Labute approximate surface area is 201 Å². The highest BCUT2D eigenvalue weighted by Crippen LogP contribution is 2.67. The van der Waals surface area contributed by atoms with Crippen LogP contribution in [0.4, 0.5) is 0 Å². The average molecular weight is 469 g/mol. The number of ether oxygens (including phenoxy) is 2. The molecule has 0 saturated heterocycles. The van der Waals surface area contributed by atoms with Gasteiger partial charge in [0.15, 0.2) is 18.0 Å². The third kappa shape index (κ3) is 3.44. The molecule has 34 heavy (non-hydrogen) atoms. The number of fused-ring (bicyclic) bond motifs is 5. The Hall–Kier alpha value is -2.50. The van der Waals surface area contributed by atoms with E-state index in [-0.39, 0.29) is 54.2 Å². The van der Waals surface area contributed by atoms with Crippen LogP contribution < -0.4 is 0 Å². The van der Waals surface area contributed by atoms with Gasteiger partial charge in [-0.3, -0.25) is 19.2 Å². The topological polar surface area (TPSA) is 86.7 Å². The predicted octanol–water partition coefficient (Wildman–Crippen LogP) is 4.67. The van der Waals surface area contributed by atoms with Crippen LogP contribution in [0.25, 0.3) is 0 Å². The lowest BCUT2D eigenvalue weighted by Crippen LogP contribution is -2.60. The lowest BCUT2D eigenvalue weighted by Gasteiger charge is -2.54. The Balaban J connectivity index is 1.76. The van der Waals surface area contributed by atoms with Gasteiger partial charge in [-0.15, -0.1) is 0 Å². The molecule has 2 fully saturated rings. The Morgan fingerprint density at radius 1 is 1.12 bits per heavy atom. The number of hydrogen-bond acceptors (Lipinski definition) is 6. The van der Waals surface area contributed by atoms with E-state index in [0.29, 0.717) is 6.42 Å². The molecule has 0 aromatic rings. The molecule has 0 radical (unpaired) electrons. The number of hydrogen-bond donors (Lipinski definition) is 0. The molecule has 0 aromatic heterocycles. The van der Waals surface area contributed by atoms with Gasteiger partial charge >= 0.3 is 11.9 Å². The number of allylic oxidation sites excluding steroid dienone is 6. The van der Waals surface area contributed by atoms with E-state index in [0.717, 1.165) is 24.8 Å². The summed E-state index contributed by atoms with van der Waals surface area (Å²) in [5, 5.41) is 0. The Morgan fingerprint density at radius 2 is 1.82 bits per heavy atom. The summed E-state index contributed by atoms with van der Waals surface area (Å²) in [6.07, 6.45) is 11.1. The van der Waals surface area contributed by atoms with Crippen molar-refractivity contribution in [2.75, 3.05) is 6.61 Å². The summed E-state index contributed by atoms with van der Waals surface area (Å²) in [6.45, 7) is 9.27. The van der Waals surface area contributed by atoms with E-state index in [4.69, 9.17) is 9.47 Å². The van der Waals surface area contributed by atoms with Crippen molar-refractivity contribution in [3.63, 3.8) is 0 Å². The fourth-order valence-electron chi connectivity index (χ4n) is 7.33. The minimum Gasteiger partial charge on any atom is -0.457 e. The number of carbonyl (C=O) groups excluding carboxylic acids is 4. The van der Waals surface area contributed by atoms with E-state index in [2.05, 4.69) is 19.9 Å². The highest BCUT2D eigenvalue weighted by atomic mass is 16.6. The first-order chi connectivity index (χ1) is 16.0. The minimum atomic E-state index is -1.34. The molecule has 2 saturated carbocycles. The lowest BCUT2D eigenvalue weighted by atomic mass is 9.51. The summed E-state index contributed by atoms with van der Waals surface area (Å²) in [5.41, 5.74) is 0.241. The van der Waals surface area contributed by atoms with Crippen molar-refractivity contribution >= 4 is 23.5 Å². The Kier molecular flexibility index (Phi) is 6.24. The molecule has 4 aliphatic rings. The van der Waals surface area contributed by atoms with Gasteiger partial charge in [0.25, 0.3) is 0 Å². The highest BCUT2D eigenvalue weighted by molar-refractivity contribution is 6.01. The summed E-state index contributed by atoms with van der Waals surface area (Å²) >= 11 is 0. The van der Waals surface area contributed by atoms with Crippen molar-refractivity contribution in [1.82, 2.24) is 0 Å². The first kappa shape index (κ1) is 24.6. The van der Waals surface area contributed by atoms with E-state index in [1.54, 1.807) is 26.0 Å². The van der Waals surface area contributed by atoms with E-state index < -0.39 is 23.0 Å². The molecule has 6 nitrogen and oxygen atoms in total. The summed E-state index contributed by atoms with van der Waals surface area (Å²) in [4.78, 5) is 50.2. The Morgan fingerprint density at radius 3 is 2.50 bits per heavy atom. The number of carbonyl (C=O) groups is 4. The maximum absolute atomic E-state index is 13.8. The van der Waals surface area contributed by atoms with E-state index in [1.165, 1.54) is 5.57 Å². The van der Waals surface area contributed by atoms with Crippen LogP contribution in [0.3, 0.4) is 0 Å². The second-order valence-electron chi connectivity index (χ2n) is 10.8. The van der Waals surface area contributed by atoms with Crippen molar-refractivity contribution in [2.45, 2.75) is 78.7 Å². The first-order valence-corrected chi connectivity index (χ1v) is 12.6. The van der Waals surface area contributed by atoms with Gasteiger partial charge in [-0.25, -0.2) is 0 Å². The lowest BCUT2D eigenvalue weighted by molar-refractivity contribution is -0.191. The molecule has 0 amide bonds. The second kappa shape index (κ2) is 8.62. The molecule has 0 heterocycles. The predicted molar refractivity (Wildman–Crippen MR) is 127 cm³/mol. The quantitative estimate of drug-likeness (QED) is 0.416. The van der Waals surface area contributed by atoms with Crippen molar-refractivity contribution in [3.05, 3.63) is 35.5 Å². The zero-order chi connectivity index (χ0) is 24.9. The number of ketones is 2. The standard InChI is InChI=1S/C28H36O6/c1-6-24(31)33-16-23(30)28(34-25(32)7-2)17(3)14-22-20-9-8-18-15-19(29)10-12-26(18,4)21(20)11-13-27(22,28)5/h10-12,15,17,20,22H,6-9,13-14,16H2,1-5H3/t17-,20?,22?,26-,27-,28-/m0/s1. The second-order valence-corrected chi connectivity index (χ2v) is 10.8. The van der Waals surface area contributed by atoms with Gasteiger partial charge in [0, 0.05) is 29.6 Å². The van der Waals surface area contributed by atoms with Crippen LogP contribution in [-0.2, 0) is 28.7 Å². The van der Waals surface area contributed by atoms with Gasteiger partial charge in [-0.05, 0) is 56.6 Å². The SMILES string of the molecule is CCC(=O)OCC(=O)[C@@]1(OC(=O)CC)[C@@H](C)CC2C3CCC4=CC(=O)C=C[C@]4(C)C3=CC[C@@]21C. The molecule has 4 aliphatic carbocycles. The van der Waals surface area contributed by atoms with Gasteiger partial charge in [0.05, 0.1) is 0 Å². The van der Waals surface area contributed by atoms with Crippen LogP contribution in [0.2, 0.25) is 0 Å². The zero-order valence-electron chi connectivity index (χ0n) is 20.9. The number of esters is 2. The van der Waals surface area contributed by atoms with Gasteiger partial charge in [0.2, 0.25) is 5.78 Å². The van der Waals surface area contributed by atoms with Crippen LogP contribution >= 0.6 is 0 Å². The molecule has 0 aromatic carbocycles. The van der Waals surface area contributed by atoms with Crippen molar-refractivity contribution in [3.8, 4) is 0 Å². The summed E-state index contributed by atoms with van der Waals surface area (Å²) < 4.78 is 11.3. The maximum Gasteiger partial charge on any atom is 0.306 e. The molecule has 4 rings (SSSR count). The average Bonchev–Trinajstić information content (AvgIpc) is 3.04. The van der Waals surface area contributed by atoms with Crippen LogP contribution in [-0.4, -0.2) is 35.7 Å². The molecular formula is C28H36O6. The fraction of sp³-hybridized carbons (Fsp3) is 0.643. The van der Waals surface area contributed by atoms with Crippen LogP contribution in [0.15, 0.2) is 35.5 Å². The minimum absolute atomic E-state index is 0.0411. The van der Waals surface area contributed by atoms with Crippen molar-refractivity contribution in [2.24, 2.45) is 28.6 Å². The molecule has 6 heteroatoms. The number of rotatable bonds is 6. The van der Waals surface area contributed by atoms with Gasteiger partial charge in [-0.2, -0.15) is 0 Å². The molecule has 0 aliphatic heterocycles.